The number of hydrogen-bond donors (Lipinski definition) is 0. The molecule has 0 unspecified atom stereocenters. The van der Waals surface area contributed by atoms with E-state index < -0.39 is 0 Å². The highest BCUT2D eigenvalue weighted by atomic mass is 16.5. The molecule has 2 rings (SSSR count). The summed E-state index contributed by atoms with van der Waals surface area (Å²) < 4.78 is 5.46. The van der Waals surface area contributed by atoms with E-state index in [1.54, 1.807) is 0 Å². The fourth-order valence-electron chi connectivity index (χ4n) is 1.84. The predicted molar refractivity (Wildman–Crippen MR) is 52.8 cm³/mol. The minimum absolute atomic E-state index is 0.371. The zero-order valence-corrected chi connectivity index (χ0v) is 7.55. The molecule has 0 atom stereocenters. The number of ether oxygens (including phenoxy) is 1. The molecule has 0 radical (unpaired) electrons. The molecule has 0 aliphatic heterocycles. The first-order valence-electron chi connectivity index (χ1n) is 4.59. The Morgan fingerprint density at radius 3 is 3.15 bits per heavy atom. The van der Waals surface area contributed by atoms with Crippen LogP contribution < -0.4 is 4.74 Å². The van der Waals surface area contributed by atoms with Gasteiger partial charge in [0.05, 0.1) is 0 Å². The number of benzene rings is 1. The first-order chi connectivity index (χ1) is 6.42. The topological polar surface area (TPSA) is 9.23 Å². The van der Waals surface area contributed by atoms with Crippen molar-refractivity contribution in [3.05, 3.63) is 29.3 Å². The van der Waals surface area contributed by atoms with Gasteiger partial charge in [-0.05, 0) is 36.5 Å². The lowest BCUT2D eigenvalue weighted by Gasteiger charge is -2.07. The minimum Gasteiger partial charge on any atom is -0.481 e. The molecular weight excluding hydrogens is 160 g/mol. The summed E-state index contributed by atoms with van der Waals surface area (Å²) in [6, 6.07) is 6.21. The van der Waals surface area contributed by atoms with Crippen molar-refractivity contribution in [2.45, 2.75) is 19.3 Å². The van der Waals surface area contributed by atoms with Crippen molar-refractivity contribution in [2.75, 3.05) is 6.61 Å². The molecule has 1 nitrogen and oxygen atoms in total. The standard InChI is InChI=1S/C12H12O/c1-2-9-13-12-8-4-6-10-5-3-7-11(10)12/h1,4,6,8H,3,5,7,9H2. The van der Waals surface area contributed by atoms with Gasteiger partial charge >= 0.3 is 0 Å². The largest absolute Gasteiger partial charge is 0.481 e. The summed E-state index contributed by atoms with van der Waals surface area (Å²) >= 11 is 0. The molecule has 0 fully saturated rings. The lowest BCUT2D eigenvalue weighted by Crippen LogP contribution is -1.97. The Kier molecular flexibility index (Phi) is 2.23. The van der Waals surface area contributed by atoms with Crippen LogP contribution in [0, 0.1) is 12.3 Å². The van der Waals surface area contributed by atoms with Crippen LogP contribution >= 0.6 is 0 Å². The van der Waals surface area contributed by atoms with Crippen molar-refractivity contribution in [3.8, 4) is 18.1 Å². The molecule has 1 heteroatoms. The second-order valence-corrected chi connectivity index (χ2v) is 3.24. The zero-order chi connectivity index (χ0) is 9.10. The van der Waals surface area contributed by atoms with Crippen LogP contribution in [0.4, 0.5) is 0 Å². The van der Waals surface area contributed by atoms with Gasteiger partial charge in [-0.3, -0.25) is 0 Å². The zero-order valence-electron chi connectivity index (χ0n) is 7.55. The van der Waals surface area contributed by atoms with Gasteiger partial charge in [-0.25, -0.2) is 0 Å². The molecule has 1 aromatic carbocycles. The van der Waals surface area contributed by atoms with Gasteiger partial charge in [0.1, 0.15) is 12.4 Å². The third-order valence-corrected chi connectivity index (χ3v) is 2.41. The van der Waals surface area contributed by atoms with Crippen molar-refractivity contribution < 1.29 is 4.74 Å². The fraction of sp³-hybridized carbons (Fsp3) is 0.333. The second-order valence-electron chi connectivity index (χ2n) is 3.24. The molecular formula is C12H12O. The summed E-state index contributed by atoms with van der Waals surface area (Å²) in [5, 5.41) is 0. The van der Waals surface area contributed by atoms with Crippen LogP contribution in [0.1, 0.15) is 17.5 Å². The Balaban J connectivity index is 2.26. The maximum atomic E-state index is 5.46. The van der Waals surface area contributed by atoms with E-state index in [-0.39, 0.29) is 0 Å². The summed E-state index contributed by atoms with van der Waals surface area (Å²) in [6.07, 6.45) is 8.71. The maximum absolute atomic E-state index is 5.46. The SMILES string of the molecule is C#CCOc1cccc2c1CCC2. The maximum Gasteiger partial charge on any atom is 0.148 e. The van der Waals surface area contributed by atoms with E-state index in [9.17, 15) is 0 Å². The van der Waals surface area contributed by atoms with Crippen LogP contribution in [0.25, 0.3) is 0 Å². The monoisotopic (exact) mass is 172 g/mol. The molecule has 0 N–H and O–H groups in total. The Morgan fingerprint density at radius 1 is 1.38 bits per heavy atom. The highest BCUT2D eigenvalue weighted by Gasteiger charge is 2.14. The number of fused-ring (bicyclic) bond motifs is 1. The van der Waals surface area contributed by atoms with Gasteiger partial charge < -0.3 is 4.74 Å². The third kappa shape index (κ3) is 1.53. The Labute approximate surface area is 78.7 Å². The molecule has 0 bridgehead atoms. The van der Waals surface area contributed by atoms with Crippen molar-refractivity contribution in [1.29, 1.82) is 0 Å². The summed E-state index contributed by atoms with van der Waals surface area (Å²) in [7, 11) is 0. The van der Waals surface area contributed by atoms with Crippen LogP contribution in [0.5, 0.6) is 5.75 Å². The quantitative estimate of drug-likeness (QED) is 0.621. The summed E-state index contributed by atoms with van der Waals surface area (Å²) in [5.74, 6) is 3.46. The van der Waals surface area contributed by atoms with Gasteiger partial charge in [0.25, 0.3) is 0 Å². The summed E-state index contributed by atoms with van der Waals surface area (Å²) in [6.45, 7) is 0.371. The third-order valence-electron chi connectivity index (χ3n) is 2.41. The molecule has 0 saturated heterocycles. The first-order valence-corrected chi connectivity index (χ1v) is 4.59. The highest BCUT2D eigenvalue weighted by molar-refractivity contribution is 5.43. The minimum atomic E-state index is 0.371. The van der Waals surface area contributed by atoms with Crippen molar-refractivity contribution in [3.63, 3.8) is 0 Å². The number of rotatable bonds is 2. The summed E-state index contributed by atoms with van der Waals surface area (Å²) in [4.78, 5) is 0. The molecule has 1 aliphatic carbocycles. The lowest BCUT2D eigenvalue weighted by atomic mass is 10.1. The Hall–Kier alpha value is -1.42. The van der Waals surface area contributed by atoms with Crippen LogP contribution in [0.3, 0.4) is 0 Å². The molecule has 13 heavy (non-hydrogen) atoms. The molecule has 66 valence electrons. The van der Waals surface area contributed by atoms with Crippen molar-refractivity contribution >= 4 is 0 Å². The number of hydrogen-bond acceptors (Lipinski definition) is 1. The average Bonchev–Trinajstić information content (AvgIpc) is 2.62. The first kappa shape index (κ1) is 8.19. The molecule has 0 amide bonds. The smallest absolute Gasteiger partial charge is 0.148 e. The number of terminal acetylenes is 1. The van der Waals surface area contributed by atoms with E-state index >= 15 is 0 Å². The molecule has 0 spiro atoms. The fourth-order valence-corrected chi connectivity index (χ4v) is 1.84. The van der Waals surface area contributed by atoms with E-state index in [0.29, 0.717) is 6.61 Å². The van der Waals surface area contributed by atoms with Crippen LogP contribution in [-0.2, 0) is 12.8 Å². The van der Waals surface area contributed by atoms with Gasteiger partial charge in [-0.1, -0.05) is 18.1 Å². The van der Waals surface area contributed by atoms with Crippen molar-refractivity contribution in [1.82, 2.24) is 0 Å². The van der Waals surface area contributed by atoms with Gasteiger partial charge in [0.15, 0.2) is 0 Å². The van der Waals surface area contributed by atoms with E-state index in [2.05, 4.69) is 12.0 Å². The lowest BCUT2D eigenvalue weighted by molar-refractivity contribution is 0.366. The normalized spacial score (nSPS) is 13.5. The van der Waals surface area contributed by atoms with Crippen LogP contribution in [0.2, 0.25) is 0 Å². The van der Waals surface area contributed by atoms with Gasteiger partial charge in [-0.15, -0.1) is 6.42 Å². The molecule has 1 aliphatic rings. The second kappa shape index (κ2) is 3.53. The molecule has 1 aromatic rings. The Morgan fingerprint density at radius 2 is 2.31 bits per heavy atom. The average molecular weight is 172 g/mol. The molecule has 0 aromatic heterocycles. The molecule has 0 heterocycles. The predicted octanol–water partition coefficient (Wildman–Crippen LogP) is 2.19. The van der Waals surface area contributed by atoms with Crippen LogP contribution in [0.15, 0.2) is 18.2 Å². The van der Waals surface area contributed by atoms with Crippen molar-refractivity contribution in [2.24, 2.45) is 0 Å². The van der Waals surface area contributed by atoms with Gasteiger partial charge in [0, 0.05) is 0 Å². The van der Waals surface area contributed by atoms with Gasteiger partial charge in [-0.2, -0.15) is 0 Å². The van der Waals surface area contributed by atoms with E-state index in [1.165, 1.54) is 24.0 Å². The Bertz CT molecular complexity index is 347. The van der Waals surface area contributed by atoms with Gasteiger partial charge in [0.2, 0.25) is 0 Å². The summed E-state index contributed by atoms with van der Waals surface area (Å²) in [5.41, 5.74) is 2.78. The van der Waals surface area contributed by atoms with E-state index in [0.717, 1.165) is 12.2 Å². The number of aryl methyl sites for hydroxylation is 1. The molecule has 0 saturated carbocycles. The van der Waals surface area contributed by atoms with E-state index in [1.807, 2.05) is 12.1 Å². The van der Waals surface area contributed by atoms with Crippen LogP contribution in [-0.4, -0.2) is 6.61 Å². The highest BCUT2D eigenvalue weighted by Crippen LogP contribution is 2.30. The van der Waals surface area contributed by atoms with E-state index in [4.69, 9.17) is 11.2 Å².